The molecule has 69 heavy (non-hydrogen) atoms. The van der Waals surface area contributed by atoms with E-state index in [1.807, 2.05) is 0 Å². The number of aromatic carboxylic acids is 1. The van der Waals surface area contributed by atoms with E-state index < -0.39 is 5.97 Å². The highest BCUT2D eigenvalue weighted by Gasteiger charge is 2.25. The predicted molar refractivity (Wildman–Crippen MR) is 267 cm³/mol. The van der Waals surface area contributed by atoms with Crippen molar-refractivity contribution in [2.45, 2.75) is 13.1 Å². The number of carbonyl (C=O) groups excluding carboxylic acids is 1. The average molecular weight is 952 g/mol. The van der Waals surface area contributed by atoms with Crippen LogP contribution in [0.15, 0.2) is 82.0 Å². The minimum Gasteiger partial charge on any atom is -0.508 e. The third-order valence-electron chi connectivity index (χ3n) is 12.2. The van der Waals surface area contributed by atoms with Gasteiger partial charge in [-0.3, -0.25) is 19.4 Å². The number of carboxylic acid groups (broad SMARTS) is 1. The van der Waals surface area contributed by atoms with E-state index in [1.54, 1.807) is 29.2 Å². The molecule has 1 amide bonds. The number of hydrogen-bond donors (Lipinski definition) is 8. The third-order valence-corrected chi connectivity index (χ3v) is 12.2. The molecule has 0 saturated carbocycles. The lowest BCUT2D eigenvalue weighted by Crippen LogP contribution is -2.45. The highest BCUT2D eigenvalue weighted by Crippen LogP contribution is 2.42. The second-order valence-corrected chi connectivity index (χ2v) is 17.3. The molecule has 2 saturated heterocycles. The van der Waals surface area contributed by atoms with Crippen LogP contribution in [0.4, 0.5) is 0 Å². The maximum absolute atomic E-state index is 14.6. The van der Waals surface area contributed by atoms with E-state index >= 15 is 0 Å². The molecule has 0 bridgehead atoms. The van der Waals surface area contributed by atoms with Crippen molar-refractivity contribution >= 4 is 22.8 Å². The number of nitrogens with zero attached hydrogens (tertiary/aromatic N) is 3. The van der Waals surface area contributed by atoms with E-state index in [0.717, 1.165) is 102 Å². The van der Waals surface area contributed by atoms with Gasteiger partial charge in [0.2, 0.25) is 0 Å². The Labute approximate surface area is 403 Å². The van der Waals surface area contributed by atoms with Crippen LogP contribution >= 0.6 is 0 Å². The molecule has 3 aliphatic heterocycles. The van der Waals surface area contributed by atoms with Crippen LogP contribution in [0.1, 0.15) is 31.8 Å². The summed E-state index contributed by atoms with van der Waals surface area (Å²) in [5, 5.41) is 39.1. The Kier molecular flexibility index (Phi) is 20.1. The Morgan fingerprint density at radius 2 is 1.22 bits per heavy atom. The molecule has 18 nitrogen and oxygen atoms in total. The molecule has 1 aliphatic carbocycles. The number of aromatic hydroxyl groups is 1. The maximum Gasteiger partial charge on any atom is 0.336 e. The smallest absolute Gasteiger partial charge is 0.336 e. The zero-order chi connectivity index (χ0) is 48.2. The average Bonchev–Trinajstić information content (AvgIpc) is 3.33. The van der Waals surface area contributed by atoms with Gasteiger partial charge in [0.1, 0.15) is 29.4 Å². The molecule has 2 fully saturated rings. The van der Waals surface area contributed by atoms with E-state index in [2.05, 4.69) is 54.6 Å². The molecule has 18 heteroatoms. The summed E-state index contributed by atoms with van der Waals surface area (Å²) in [7, 11) is 0. The summed E-state index contributed by atoms with van der Waals surface area (Å²) in [5.41, 5.74) is 9.35. The summed E-state index contributed by atoms with van der Waals surface area (Å²) < 4.78 is 23.5. The summed E-state index contributed by atoms with van der Waals surface area (Å²) in [6.45, 7) is 16.3. The van der Waals surface area contributed by atoms with Crippen molar-refractivity contribution < 1.29 is 38.4 Å². The van der Waals surface area contributed by atoms with E-state index in [4.69, 9.17) is 24.4 Å². The lowest BCUT2D eigenvalue weighted by Gasteiger charge is -2.30. The SMILES string of the molecule is NCCOCCOCCOc1cc(CN2CCNCCNCCNCC2)cc(CN2CCNCCNCCN(C(=O)c3ccc(-c4c5ccc(=O)cc-5oc5cc(O)ccc45)c(C(=O)O)c3)CC2)c1. The topological polar surface area (TPSA) is 228 Å². The van der Waals surface area contributed by atoms with Crippen LogP contribution < -0.4 is 42.5 Å². The molecule has 0 aromatic heterocycles. The summed E-state index contributed by atoms with van der Waals surface area (Å²) >= 11 is 0. The molecule has 0 spiro atoms. The van der Waals surface area contributed by atoms with Crippen LogP contribution in [0.3, 0.4) is 0 Å². The van der Waals surface area contributed by atoms with Crippen LogP contribution in [-0.4, -0.2) is 181 Å². The lowest BCUT2D eigenvalue weighted by molar-refractivity contribution is 0.0387. The van der Waals surface area contributed by atoms with E-state index in [-0.39, 0.29) is 39.6 Å². The van der Waals surface area contributed by atoms with Crippen molar-refractivity contribution in [3.8, 4) is 33.9 Å². The van der Waals surface area contributed by atoms with Gasteiger partial charge in [0.05, 0.1) is 32.0 Å². The maximum atomic E-state index is 14.6. The highest BCUT2D eigenvalue weighted by atomic mass is 16.5. The van der Waals surface area contributed by atoms with Crippen molar-refractivity contribution in [3.05, 3.63) is 105 Å². The van der Waals surface area contributed by atoms with Crippen LogP contribution in [-0.2, 0) is 22.6 Å². The molecule has 0 unspecified atom stereocenters. The number of phenols is 1. The number of nitrogens with one attached hydrogen (secondary N) is 5. The summed E-state index contributed by atoms with van der Waals surface area (Å²) in [4.78, 5) is 46.6. The zero-order valence-electron chi connectivity index (χ0n) is 39.6. The van der Waals surface area contributed by atoms with Gasteiger partial charge in [0.25, 0.3) is 5.91 Å². The molecule has 3 aromatic rings. The van der Waals surface area contributed by atoms with Crippen LogP contribution in [0, 0.1) is 0 Å². The van der Waals surface area contributed by atoms with Gasteiger partial charge < -0.3 is 66.1 Å². The van der Waals surface area contributed by atoms with Crippen LogP contribution in [0.25, 0.3) is 33.4 Å². The number of fused-ring (bicyclic) bond motifs is 2. The molecule has 3 aromatic carbocycles. The predicted octanol–water partition coefficient (Wildman–Crippen LogP) is 2.06. The standard InChI is InChI=1S/C51H69N9O9/c52-7-24-66-25-26-67-27-28-68-42-30-37(35-58-18-14-54-10-8-53-9-11-55-15-19-58)29-38(31-42)36-59-20-16-56-12-13-57-17-21-60(23-22-59)50(63)39-1-4-43(46(32-39)51(64)65)49-44-5-2-40(61)33-47(44)69-48-34-41(62)3-6-45(48)49/h1-6,29-34,53-57,61H,7-28,35-36,52H2,(H,64,65). The number of nitrogens with two attached hydrogens (primary N) is 1. The van der Waals surface area contributed by atoms with Crippen LogP contribution in [0.2, 0.25) is 0 Å². The summed E-state index contributed by atoms with van der Waals surface area (Å²) in [5.74, 6) is -0.516. The third kappa shape index (κ3) is 15.5. The lowest BCUT2D eigenvalue weighted by atomic mass is 9.89. The first-order chi connectivity index (χ1) is 33.7. The minimum atomic E-state index is -1.21. The van der Waals surface area contributed by atoms with Crippen molar-refractivity contribution in [3.63, 3.8) is 0 Å². The first-order valence-corrected chi connectivity index (χ1v) is 24.2. The number of hydrogen-bond acceptors (Lipinski definition) is 16. The van der Waals surface area contributed by atoms with Gasteiger partial charge in [-0.05, 0) is 65.2 Å². The second-order valence-electron chi connectivity index (χ2n) is 17.3. The molecule has 3 heterocycles. The molecular weight excluding hydrogens is 883 g/mol. The molecule has 0 atom stereocenters. The highest BCUT2D eigenvalue weighted by molar-refractivity contribution is 6.09. The fourth-order valence-corrected chi connectivity index (χ4v) is 8.74. The van der Waals surface area contributed by atoms with E-state index in [9.17, 15) is 24.6 Å². The van der Waals surface area contributed by atoms with Crippen molar-refractivity contribution in [2.24, 2.45) is 5.73 Å². The van der Waals surface area contributed by atoms with Gasteiger partial charge in [0, 0.05) is 159 Å². The Hall–Kier alpha value is -5.51. The number of ether oxygens (including phenoxy) is 3. The molecule has 4 aliphatic rings. The Balaban J connectivity index is 1.11. The molecule has 7 rings (SSSR count). The van der Waals surface area contributed by atoms with Crippen molar-refractivity contribution in [1.82, 2.24) is 41.3 Å². The number of carboxylic acids is 1. The second kappa shape index (κ2) is 27.0. The first-order valence-electron chi connectivity index (χ1n) is 24.2. The molecule has 372 valence electrons. The Morgan fingerprint density at radius 3 is 1.87 bits per heavy atom. The van der Waals surface area contributed by atoms with Crippen molar-refractivity contribution in [2.75, 3.05) is 144 Å². The Morgan fingerprint density at radius 1 is 0.623 bits per heavy atom. The first kappa shape index (κ1) is 51.3. The molecule has 9 N–H and O–H groups in total. The zero-order valence-corrected chi connectivity index (χ0v) is 39.6. The number of carbonyl (C=O) groups is 2. The largest absolute Gasteiger partial charge is 0.508 e. The molecule has 0 radical (unpaired) electrons. The number of rotatable bonds is 16. The van der Waals surface area contributed by atoms with Gasteiger partial charge in [-0.25, -0.2) is 4.79 Å². The fourth-order valence-electron chi connectivity index (χ4n) is 8.74. The number of phenolic OH excluding ortho intramolecular Hbond substituents is 1. The van der Waals surface area contributed by atoms with Crippen molar-refractivity contribution in [1.29, 1.82) is 0 Å². The quantitative estimate of drug-likeness (QED) is 0.0523. The summed E-state index contributed by atoms with van der Waals surface area (Å²) in [6, 6.07) is 20.2. The van der Waals surface area contributed by atoms with Crippen LogP contribution in [0.5, 0.6) is 11.5 Å². The van der Waals surface area contributed by atoms with E-state index in [1.165, 1.54) is 30.3 Å². The van der Waals surface area contributed by atoms with Gasteiger partial charge in [-0.2, -0.15) is 0 Å². The number of amides is 1. The van der Waals surface area contributed by atoms with E-state index in [0.29, 0.717) is 94.4 Å². The normalized spacial score (nSPS) is 16.9. The van der Waals surface area contributed by atoms with Gasteiger partial charge in [-0.15, -0.1) is 0 Å². The monoisotopic (exact) mass is 952 g/mol. The fraction of sp³-hybridized carbons (Fsp3) is 0.471. The van der Waals surface area contributed by atoms with Gasteiger partial charge in [0.15, 0.2) is 5.43 Å². The van der Waals surface area contributed by atoms with Gasteiger partial charge in [-0.1, -0.05) is 12.1 Å². The Bertz CT molecular complexity index is 2440. The minimum absolute atomic E-state index is 0.0423. The number of benzene rings is 4. The summed E-state index contributed by atoms with van der Waals surface area (Å²) in [6.07, 6.45) is 0. The van der Waals surface area contributed by atoms with Gasteiger partial charge >= 0.3 is 5.97 Å². The molecular formula is C51H69N9O9.